The van der Waals surface area contributed by atoms with Gasteiger partial charge in [0.1, 0.15) is 17.6 Å². The van der Waals surface area contributed by atoms with Gasteiger partial charge in [0.05, 0.1) is 24.9 Å². The normalized spacial score (nSPS) is 11.8. The SMILES string of the molecule is COc1cn(C)nc1C(C)Nc1nccc(C)c1C#N. The average Bonchev–Trinajstić information content (AvgIpc) is 2.80. The molecule has 0 aliphatic rings. The second kappa shape index (κ2) is 5.61. The van der Waals surface area contributed by atoms with Gasteiger partial charge in [0.15, 0.2) is 5.75 Å². The number of aromatic nitrogens is 3. The number of nitriles is 1. The number of rotatable bonds is 4. The Morgan fingerprint density at radius 1 is 1.50 bits per heavy atom. The summed E-state index contributed by atoms with van der Waals surface area (Å²) in [5, 5.41) is 16.8. The lowest BCUT2D eigenvalue weighted by Gasteiger charge is -2.15. The summed E-state index contributed by atoms with van der Waals surface area (Å²) < 4.78 is 6.99. The van der Waals surface area contributed by atoms with Crippen molar-refractivity contribution in [2.75, 3.05) is 12.4 Å². The minimum absolute atomic E-state index is 0.118. The number of hydrogen-bond acceptors (Lipinski definition) is 5. The molecule has 1 atom stereocenters. The summed E-state index contributed by atoms with van der Waals surface area (Å²) in [6, 6.07) is 3.87. The third-order valence-corrected chi connectivity index (χ3v) is 3.08. The number of ether oxygens (including phenoxy) is 1. The summed E-state index contributed by atoms with van der Waals surface area (Å²) in [6.45, 7) is 3.84. The predicted molar refractivity (Wildman–Crippen MR) is 75.5 cm³/mol. The zero-order chi connectivity index (χ0) is 14.7. The number of nitrogens with one attached hydrogen (secondary N) is 1. The van der Waals surface area contributed by atoms with Crippen molar-refractivity contribution < 1.29 is 4.74 Å². The van der Waals surface area contributed by atoms with Gasteiger partial charge >= 0.3 is 0 Å². The zero-order valence-corrected chi connectivity index (χ0v) is 12.0. The fraction of sp³-hybridized carbons (Fsp3) is 0.357. The van der Waals surface area contributed by atoms with Crippen LogP contribution in [-0.2, 0) is 7.05 Å². The Bertz CT molecular complexity index is 656. The molecule has 0 fully saturated rings. The number of nitrogens with zero attached hydrogens (tertiary/aromatic N) is 4. The molecule has 0 saturated carbocycles. The molecule has 2 rings (SSSR count). The molecule has 2 heterocycles. The highest BCUT2D eigenvalue weighted by Crippen LogP contribution is 2.27. The molecule has 0 aliphatic carbocycles. The molecule has 1 unspecified atom stereocenters. The average molecular weight is 271 g/mol. The Hall–Kier alpha value is -2.55. The second-order valence-corrected chi connectivity index (χ2v) is 4.59. The Morgan fingerprint density at radius 2 is 2.25 bits per heavy atom. The van der Waals surface area contributed by atoms with E-state index in [2.05, 4.69) is 21.5 Å². The van der Waals surface area contributed by atoms with Crippen LogP contribution >= 0.6 is 0 Å². The summed E-state index contributed by atoms with van der Waals surface area (Å²) in [7, 11) is 3.45. The number of hydrogen-bond donors (Lipinski definition) is 1. The van der Waals surface area contributed by atoms with Crippen LogP contribution in [0.5, 0.6) is 5.75 Å². The maximum atomic E-state index is 9.21. The van der Waals surface area contributed by atoms with Crippen molar-refractivity contribution in [1.29, 1.82) is 5.26 Å². The first-order valence-corrected chi connectivity index (χ1v) is 6.26. The summed E-state index contributed by atoms with van der Waals surface area (Å²) in [5.41, 5.74) is 2.22. The Balaban J connectivity index is 2.30. The smallest absolute Gasteiger partial charge is 0.162 e. The van der Waals surface area contributed by atoms with Crippen molar-refractivity contribution in [2.45, 2.75) is 19.9 Å². The second-order valence-electron chi connectivity index (χ2n) is 4.59. The van der Waals surface area contributed by atoms with Crippen LogP contribution in [0.2, 0.25) is 0 Å². The molecule has 2 aromatic rings. The lowest BCUT2D eigenvalue weighted by Crippen LogP contribution is -2.11. The highest BCUT2D eigenvalue weighted by molar-refractivity contribution is 5.56. The van der Waals surface area contributed by atoms with E-state index in [1.807, 2.05) is 33.2 Å². The van der Waals surface area contributed by atoms with Gasteiger partial charge in [0.25, 0.3) is 0 Å². The Kier molecular flexibility index (Phi) is 3.89. The molecular formula is C14H17N5O. The number of pyridine rings is 1. The maximum absolute atomic E-state index is 9.21. The van der Waals surface area contributed by atoms with Crippen molar-refractivity contribution >= 4 is 5.82 Å². The zero-order valence-electron chi connectivity index (χ0n) is 12.0. The van der Waals surface area contributed by atoms with Gasteiger partial charge in [-0.1, -0.05) is 0 Å². The largest absolute Gasteiger partial charge is 0.493 e. The summed E-state index contributed by atoms with van der Waals surface area (Å²) >= 11 is 0. The van der Waals surface area contributed by atoms with E-state index in [1.165, 1.54) is 0 Å². The summed E-state index contributed by atoms with van der Waals surface area (Å²) in [6.07, 6.45) is 3.49. The van der Waals surface area contributed by atoms with E-state index in [9.17, 15) is 5.26 Å². The minimum atomic E-state index is -0.118. The molecule has 6 heteroatoms. The van der Waals surface area contributed by atoms with Gasteiger partial charge in [-0.3, -0.25) is 4.68 Å². The molecule has 0 amide bonds. The van der Waals surface area contributed by atoms with Gasteiger partial charge in [-0.15, -0.1) is 0 Å². The highest BCUT2D eigenvalue weighted by Gasteiger charge is 2.17. The van der Waals surface area contributed by atoms with Gasteiger partial charge in [-0.25, -0.2) is 4.98 Å². The molecule has 1 N–H and O–H groups in total. The summed E-state index contributed by atoms with van der Waals surface area (Å²) in [5.74, 6) is 1.27. The number of aryl methyl sites for hydroxylation is 2. The van der Waals surface area contributed by atoms with Crippen LogP contribution in [0.15, 0.2) is 18.5 Å². The standard InChI is InChI=1S/C14H17N5O/c1-9-5-6-16-14(11(9)7-15)17-10(2)13-12(20-4)8-19(3)18-13/h5-6,8,10H,1-4H3,(H,16,17). The molecule has 0 aromatic carbocycles. The van der Waals surface area contributed by atoms with Crippen LogP contribution in [0.1, 0.15) is 29.8 Å². The van der Waals surface area contributed by atoms with E-state index in [0.29, 0.717) is 17.1 Å². The monoisotopic (exact) mass is 271 g/mol. The first-order chi connectivity index (χ1) is 9.56. The fourth-order valence-electron chi connectivity index (χ4n) is 2.02. The Morgan fingerprint density at radius 3 is 2.90 bits per heavy atom. The van der Waals surface area contributed by atoms with Crippen LogP contribution in [0, 0.1) is 18.3 Å². The van der Waals surface area contributed by atoms with E-state index >= 15 is 0 Å². The lowest BCUT2D eigenvalue weighted by atomic mass is 10.1. The van der Waals surface area contributed by atoms with Crippen LogP contribution in [0.3, 0.4) is 0 Å². The quantitative estimate of drug-likeness (QED) is 0.922. The van der Waals surface area contributed by atoms with Gasteiger partial charge in [-0.2, -0.15) is 10.4 Å². The highest BCUT2D eigenvalue weighted by atomic mass is 16.5. The third-order valence-electron chi connectivity index (χ3n) is 3.08. The molecule has 0 radical (unpaired) electrons. The predicted octanol–water partition coefficient (Wildman–Crippen LogP) is 2.18. The van der Waals surface area contributed by atoms with Crippen molar-refractivity contribution in [3.8, 4) is 11.8 Å². The molecular weight excluding hydrogens is 254 g/mol. The van der Waals surface area contributed by atoms with Gasteiger partial charge < -0.3 is 10.1 Å². The van der Waals surface area contributed by atoms with Crippen molar-refractivity contribution in [1.82, 2.24) is 14.8 Å². The lowest BCUT2D eigenvalue weighted by molar-refractivity contribution is 0.407. The maximum Gasteiger partial charge on any atom is 0.162 e. The van der Waals surface area contributed by atoms with E-state index in [1.54, 1.807) is 18.0 Å². The third kappa shape index (κ3) is 2.57. The van der Waals surface area contributed by atoms with E-state index in [0.717, 1.165) is 11.3 Å². The fourth-order valence-corrected chi connectivity index (χ4v) is 2.02. The Labute approximate surface area is 118 Å². The number of anilines is 1. The van der Waals surface area contributed by atoms with Crippen LogP contribution in [0.25, 0.3) is 0 Å². The van der Waals surface area contributed by atoms with Gasteiger partial charge in [-0.05, 0) is 25.5 Å². The first kappa shape index (κ1) is 13.9. The molecule has 0 saturated heterocycles. The van der Waals surface area contributed by atoms with Crippen LogP contribution in [-0.4, -0.2) is 21.9 Å². The van der Waals surface area contributed by atoms with E-state index in [4.69, 9.17) is 4.74 Å². The number of methoxy groups -OCH3 is 1. The van der Waals surface area contributed by atoms with E-state index in [-0.39, 0.29) is 6.04 Å². The van der Waals surface area contributed by atoms with E-state index < -0.39 is 0 Å². The molecule has 0 spiro atoms. The molecule has 6 nitrogen and oxygen atoms in total. The topological polar surface area (TPSA) is 75.8 Å². The van der Waals surface area contributed by atoms with Crippen molar-refractivity contribution in [3.63, 3.8) is 0 Å². The van der Waals surface area contributed by atoms with Crippen LogP contribution in [0.4, 0.5) is 5.82 Å². The molecule has 2 aromatic heterocycles. The van der Waals surface area contributed by atoms with Gasteiger partial charge in [0, 0.05) is 13.2 Å². The molecule has 0 aliphatic heterocycles. The molecule has 104 valence electrons. The van der Waals surface area contributed by atoms with Crippen molar-refractivity contribution in [3.05, 3.63) is 35.3 Å². The first-order valence-electron chi connectivity index (χ1n) is 6.26. The molecule has 0 bridgehead atoms. The van der Waals surface area contributed by atoms with Crippen LogP contribution < -0.4 is 10.1 Å². The minimum Gasteiger partial charge on any atom is -0.493 e. The summed E-state index contributed by atoms with van der Waals surface area (Å²) in [4.78, 5) is 4.23. The van der Waals surface area contributed by atoms with Gasteiger partial charge in [0.2, 0.25) is 0 Å². The molecule has 20 heavy (non-hydrogen) atoms. The van der Waals surface area contributed by atoms with Crippen molar-refractivity contribution in [2.24, 2.45) is 7.05 Å².